The van der Waals surface area contributed by atoms with E-state index < -0.39 is 15.5 Å². The lowest BCUT2D eigenvalue weighted by molar-refractivity contribution is 0.464. The number of hydrogen-bond acceptors (Lipinski definition) is 4. The van der Waals surface area contributed by atoms with Gasteiger partial charge in [-0.25, -0.2) is 0 Å². The van der Waals surface area contributed by atoms with Gasteiger partial charge in [-0.15, -0.1) is 0 Å². The topological polar surface area (TPSA) is 57.6 Å². The number of aryl methyl sites for hydroxylation is 2. The molecule has 0 bridgehead atoms. The average Bonchev–Trinajstić information content (AvgIpc) is 2.47. The summed E-state index contributed by atoms with van der Waals surface area (Å²) in [4.78, 5) is 3.82. The number of benzene rings is 2. The molecule has 1 heterocycles. The molecule has 0 saturated carbocycles. The monoisotopic (exact) mass is 349 g/mol. The van der Waals surface area contributed by atoms with Gasteiger partial charge in [-0.05, 0) is 43.5 Å². The minimum atomic E-state index is -4.21. The third-order valence-corrected chi connectivity index (χ3v) is 6.60. The summed E-state index contributed by atoms with van der Waals surface area (Å²) in [6, 6.07) is 11.8. The summed E-state index contributed by atoms with van der Waals surface area (Å²) in [6.07, 6.45) is 0.296. The Hall–Kier alpha value is -1.50. The predicted octanol–water partition coefficient (Wildman–Crippen LogP) is 4.53. The summed E-state index contributed by atoms with van der Waals surface area (Å²) in [5, 5.41) is -0.996. The van der Waals surface area contributed by atoms with E-state index in [0.29, 0.717) is 6.42 Å². The normalized spacial score (nSPS) is 15.0. The molecule has 0 saturated heterocycles. The summed E-state index contributed by atoms with van der Waals surface area (Å²) in [5.41, 5.74) is 3.78. The molecule has 0 fully saturated rings. The van der Waals surface area contributed by atoms with E-state index in [9.17, 15) is 13.0 Å². The van der Waals surface area contributed by atoms with Crippen molar-refractivity contribution >= 4 is 33.3 Å². The van der Waals surface area contributed by atoms with E-state index in [0.717, 1.165) is 32.3 Å². The van der Waals surface area contributed by atoms with Gasteiger partial charge in [-0.1, -0.05) is 43.0 Å². The molecule has 2 aromatic carbocycles. The van der Waals surface area contributed by atoms with Crippen molar-refractivity contribution in [3.8, 4) is 0 Å². The quantitative estimate of drug-likeness (QED) is 0.825. The molecule has 0 aromatic heterocycles. The van der Waals surface area contributed by atoms with Crippen LogP contribution in [-0.4, -0.2) is 18.3 Å². The van der Waals surface area contributed by atoms with E-state index >= 15 is 0 Å². The highest BCUT2D eigenvalue weighted by Crippen LogP contribution is 2.52. The maximum Gasteiger partial charge on any atom is 0.286 e. The van der Waals surface area contributed by atoms with Crippen molar-refractivity contribution in [1.29, 1.82) is 0 Å². The Morgan fingerprint density at radius 1 is 1.13 bits per heavy atom. The molecular formula is C17H19NO3S2. The van der Waals surface area contributed by atoms with E-state index in [1.54, 1.807) is 23.6 Å². The lowest BCUT2D eigenvalue weighted by Gasteiger charge is -2.38. The van der Waals surface area contributed by atoms with Crippen molar-refractivity contribution in [2.75, 3.05) is 4.90 Å². The fraction of sp³-hybridized carbons (Fsp3) is 0.294. The maximum absolute atomic E-state index is 12.0. The van der Waals surface area contributed by atoms with Crippen LogP contribution in [0, 0.1) is 13.8 Å². The Balaban J connectivity index is 2.32. The van der Waals surface area contributed by atoms with E-state index in [2.05, 4.69) is 0 Å². The average molecular weight is 349 g/mol. The van der Waals surface area contributed by atoms with Crippen molar-refractivity contribution in [3.63, 3.8) is 0 Å². The van der Waals surface area contributed by atoms with Crippen LogP contribution in [0.15, 0.2) is 46.2 Å². The fourth-order valence-electron chi connectivity index (χ4n) is 3.04. The zero-order valence-corrected chi connectivity index (χ0v) is 14.9. The van der Waals surface area contributed by atoms with E-state index in [-0.39, 0.29) is 0 Å². The lowest BCUT2D eigenvalue weighted by Crippen LogP contribution is -2.39. The van der Waals surface area contributed by atoms with Gasteiger partial charge in [0.2, 0.25) is 0 Å². The molecule has 1 N–H and O–H groups in total. The number of anilines is 2. The van der Waals surface area contributed by atoms with Crippen LogP contribution >= 0.6 is 11.8 Å². The number of para-hydroxylation sites is 1. The molecule has 4 nitrogen and oxygen atoms in total. The second-order valence-electron chi connectivity index (χ2n) is 5.69. The number of rotatable bonds is 3. The lowest BCUT2D eigenvalue weighted by atomic mass is 10.1. The molecule has 23 heavy (non-hydrogen) atoms. The van der Waals surface area contributed by atoms with E-state index in [1.807, 2.05) is 50.2 Å². The van der Waals surface area contributed by atoms with Crippen molar-refractivity contribution < 1.29 is 13.0 Å². The zero-order valence-electron chi connectivity index (χ0n) is 13.3. The fourth-order valence-corrected chi connectivity index (χ4v) is 5.17. The Kier molecular flexibility index (Phi) is 4.16. The molecule has 1 aliphatic heterocycles. The summed E-state index contributed by atoms with van der Waals surface area (Å²) >= 11 is 1.65. The SMILES string of the molecule is CCC(N1c2cccc(C)c2Sc2cccc(C)c21)S(=O)(=O)O. The summed E-state index contributed by atoms with van der Waals surface area (Å²) < 4.78 is 33.7. The van der Waals surface area contributed by atoms with Crippen LogP contribution in [0.5, 0.6) is 0 Å². The third-order valence-electron chi connectivity index (χ3n) is 4.09. The molecule has 1 aliphatic rings. The molecule has 1 unspecified atom stereocenters. The molecule has 6 heteroatoms. The maximum atomic E-state index is 12.0. The standard InChI is InChI=1S/C17H19NO3S2/c1-4-15(23(19,20)21)18-13-9-5-8-12(3)17(13)22-14-10-6-7-11(2)16(14)18/h5-10,15H,4H2,1-3H3,(H,19,20,21). The Labute approximate surface area is 141 Å². The number of nitrogens with zero attached hydrogens (tertiary/aromatic N) is 1. The number of fused-ring (bicyclic) bond motifs is 2. The highest BCUT2D eigenvalue weighted by atomic mass is 32.2. The summed E-state index contributed by atoms with van der Waals surface area (Å²) in [7, 11) is -4.21. The summed E-state index contributed by atoms with van der Waals surface area (Å²) in [5.74, 6) is 0. The van der Waals surface area contributed by atoms with Gasteiger partial charge >= 0.3 is 0 Å². The van der Waals surface area contributed by atoms with Crippen molar-refractivity contribution in [2.45, 2.75) is 42.4 Å². The third kappa shape index (κ3) is 2.75. The van der Waals surface area contributed by atoms with Crippen molar-refractivity contribution in [1.82, 2.24) is 0 Å². The molecule has 2 aromatic rings. The van der Waals surface area contributed by atoms with Gasteiger partial charge in [0.25, 0.3) is 10.1 Å². The summed E-state index contributed by atoms with van der Waals surface area (Å²) in [6.45, 7) is 5.75. The molecular weight excluding hydrogens is 330 g/mol. The predicted molar refractivity (Wildman–Crippen MR) is 94.2 cm³/mol. The highest BCUT2D eigenvalue weighted by molar-refractivity contribution is 7.99. The first-order valence-corrected chi connectivity index (χ1v) is 9.79. The van der Waals surface area contributed by atoms with Crippen LogP contribution < -0.4 is 4.90 Å². The van der Waals surface area contributed by atoms with Crippen molar-refractivity contribution in [2.24, 2.45) is 0 Å². The van der Waals surface area contributed by atoms with Crippen LogP contribution in [0.25, 0.3) is 0 Å². The Morgan fingerprint density at radius 2 is 1.78 bits per heavy atom. The van der Waals surface area contributed by atoms with Gasteiger partial charge in [0, 0.05) is 9.79 Å². The molecule has 0 radical (unpaired) electrons. The minimum absolute atomic E-state index is 0.296. The Bertz CT molecular complexity index is 862. The first-order valence-electron chi connectivity index (χ1n) is 7.47. The molecule has 0 amide bonds. The van der Waals surface area contributed by atoms with Gasteiger partial charge in [0.15, 0.2) is 5.37 Å². The highest BCUT2D eigenvalue weighted by Gasteiger charge is 2.36. The van der Waals surface area contributed by atoms with Gasteiger partial charge in [-0.3, -0.25) is 4.55 Å². The van der Waals surface area contributed by atoms with Gasteiger partial charge < -0.3 is 4.90 Å². The van der Waals surface area contributed by atoms with Crippen LogP contribution in [0.3, 0.4) is 0 Å². The Morgan fingerprint density at radius 3 is 2.43 bits per heavy atom. The van der Waals surface area contributed by atoms with E-state index in [1.165, 1.54) is 0 Å². The van der Waals surface area contributed by atoms with Gasteiger partial charge in [0.1, 0.15) is 0 Å². The van der Waals surface area contributed by atoms with Crippen LogP contribution in [0.1, 0.15) is 24.5 Å². The molecule has 1 atom stereocenters. The zero-order chi connectivity index (χ0) is 16.8. The minimum Gasteiger partial charge on any atom is -0.319 e. The molecule has 0 spiro atoms. The van der Waals surface area contributed by atoms with Gasteiger partial charge in [-0.2, -0.15) is 8.42 Å². The van der Waals surface area contributed by atoms with Crippen molar-refractivity contribution in [3.05, 3.63) is 47.5 Å². The molecule has 3 rings (SSSR count). The molecule has 122 valence electrons. The second kappa shape index (κ2) is 5.85. The smallest absolute Gasteiger partial charge is 0.286 e. The van der Waals surface area contributed by atoms with Gasteiger partial charge in [0.05, 0.1) is 11.4 Å². The number of hydrogen-bond donors (Lipinski definition) is 1. The first kappa shape index (κ1) is 16.4. The van der Waals surface area contributed by atoms with Crippen LogP contribution in [0.2, 0.25) is 0 Å². The van der Waals surface area contributed by atoms with E-state index in [4.69, 9.17) is 0 Å². The first-order chi connectivity index (χ1) is 10.8. The van der Waals surface area contributed by atoms with Crippen LogP contribution in [-0.2, 0) is 10.1 Å². The molecule has 0 aliphatic carbocycles. The largest absolute Gasteiger partial charge is 0.319 e. The van der Waals surface area contributed by atoms with Crippen LogP contribution in [0.4, 0.5) is 11.4 Å². The second-order valence-corrected chi connectivity index (χ2v) is 8.32.